The summed E-state index contributed by atoms with van der Waals surface area (Å²) >= 11 is 0. The summed E-state index contributed by atoms with van der Waals surface area (Å²) in [6, 6.07) is 0. The molecule has 0 aromatic carbocycles. The van der Waals surface area contributed by atoms with Crippen LogP contribution >= 0.6 is 0 Å². The van der Waals surface area contributed by atoms with E-state index >= 15 is 0 Å². The Kier molecular flexibility index (Phi) is 9.86. The monoisotopic (exact) mass is 316 g/mol. The van der Waals surface area contributed by atoms with Crippen LogP contribution in [0, 0.1) is 0 Å². The lowest BCUT2D eigenvalue weighted by Crippen LogP contribution is -2.19. The van der Waals surface area contributed by atoms with Crippen molar-refractivity contribution in [2.24, 2.45) is 0 Å². The van der Waals surface area contributed by atoms with Gasteiger partial charge in [0, 0.05) is 6.42 Å². The normalized spacial score (nSPS) is 18.0. The summed E-state index contributed by atoms with van der Waals surface area (Å²) < 4.78 is 15.8. The van der Waals surface area contributed by atoms with Gasteiger partial charge < -0.3 is 24.4 Å². The van der Waals surface area contributed by atoms with Gasteiger partial charge in [0.25, 0.3) is 0 Å². The Hall–Kier alpha value is -1.11. The minimum Gasteiger partial charge on any atom is -0.498 e. The van der Waals surface area contributed by atoms with E-state index in [1.807, 2.05) is 0 Å². The molecule has 128 valence electrons. The first-order valence-electron chi connectivity index (χ1n) is 7.99. The van der Waals surface area contributed by atoms with Gasteiger partial charge in [0.1, 0.15) is 12.7 Å². The van der Waals surface area contributed by atoms with Gasteiger partial charge in [-0.3, -0.25) is 0 Å². The summed E-state index contributed by atoms with van der Waals surface area (Å²) in [6.45, 7) is 2.07. The maximum Gasteiger partial charge on any atom is 0.336 e. The fraction of sp³-hybridized carbons (Fsp3) is 0.812. The lowest BCUT2D eigenvalue weighted by atomic mass is 9.98. The third-order valence-corrected chi connectivity index (χ3v) is 3.51. The van der Waals surface area contributed by atoms with E-state index in [2.05, 4.69) is 0 Å². The van der Waals surface area contributed by atoms with Gasteiger partial charge in [0.05, 0.1) is 37.8 Å². The zero-order valence-corrected chi connectivity index (χ0v) is 13.3. The average Bonchev–Trinajstić information content (AvgIpc) is 2.54. The summed E-state index contributed by atoms with van der Waals surface area (Å²) in [4.78, 5) is 11.6. The molecule has 1 aliphatic carbocycles. The van der Waals surface area contributed by atoms with Crippen LogP contribution in [0.4, 0.5) is 0 Å². The Morgan fingerprint density at radius 3 is 2.68 bits per heavy atom. The smallest absolute Gasteiger partial charge is 0.336 e. The topological polar surface area (TPSA) is 85.2 Å². The maximum absolute atomic E-state index is 11.6. The van der Waals surface area contributed by atoms with Crippen molar-refractivity contribution in [3.05, 3.63) is 11.8 Å². The Labute approximate surface area is 132 Å². The Bertz CT molecular complexity index is 336. The summed E-state index contributed by atoms with van der Waals surface area (Å²) in [5.41, 5.74) is 0.318. The molecule has 22 heavy (non-hydrogen) atoms. The summed E-state index contributed by atoms with van der Waals surface area (Å²) in [6.07, 6.45) is 7.41. The van der Waals surface area contributed by atoms with E-state index in [0.717, 1.165) is 12.8 Å². The second kappa shape index (κ2) is 11.5. The fourth-order valence-electron chi connectivity index (χ4n) is 2.20. The largest absolute Gasteiger partial charge is 0.498 e. The van der Waals surface area contributed by atoms with Crippen LogP contribution in [0.3, 0.4) is 0 Å². The number of aliphatic hydroxyl groups excluding tert-OH is 2. The van der Waals surface area contributed by atoms with Gasteiger partial charge in [-0.15, -0.1) is 0 Å². The minimum atomic E-state index is -0.947. The zero-order chi connectivity index (χ0) is 16.2. The van der Waals surface area contributed by atoms with Gasteiger partial charge in [0.15, 0.2) is 0 Å². The highest BCUT2D eigenvalue weighted by Crippen LogP contribution is 2.20. The van der Waals surface area contributed by atoms with Crippen LogP contribution in [0.15, 0.2) is 11.8 Å². The van der Waals surface area contributed by atoms with Crippen LogP contribution in [-0.2, 0) is 19.0 Å². The molecule has 6 nitrogen and oxygen atoms in total. The molecule has 1 aliphatic rings. The van der Waals surface area contributed by atoms with Crippen molar-refractivity contribution in [3.8, 4) is 0 Å². The molecule has 6 heteroatoms. The van der Waals surface area contributed by atoms with E-state index in [-0.39, 0.29) is 13.2 Å². The number of hydrogen-bond acceptors (Lipinski definition) is 6. The lowest BCUT2D eigenvalue weighted by Gasteiger charge is -2.21. The van der Waals surface area contributed by atoms with Gasteiger partial charge in [-0.25, -0.2) is 4.79 Å². The predicted molar refractivity (Wildman–Crippen MR) is 81.2 cm³/mol. The molecular formula is C16H28O6. The predicted octanol–water partition coefficient (Wildman–Crippen LogP) is 1.54. The molecule has 2 N–H and O–H groups in total. The fourth-order valence-corrected chi connectivity index (χ4v) is 2.20. The number of carbonyl (C=O) groups is 1. The molecule has 0 aromatic rings. The first kappa shape index (κ1) is 18.9. The quantitative estimate of drug-likeness (QED) is 0.275. The number of hydrogen-bond donors (Lipinski definition) is 2. The molecule has 1 rings (SSSR count). The Balaban J connectivity index is 2.05. The van der Waals surface area contributed by atoms with Gasteiger partial charge in [-0.2, -0.15) is 0 Å². The second-order valence-corrected chi connectivity index (χ2v) is 5.59. The zero-order valence-electron chi connectivity index (χ0n) is 13.3. The van der Waals surface area contributed by atoms with E-state index < -0.39 is 12.1 Å². The van der Waals surface area contributed by atoms with Crippen molar-refractivity contribution in [1.29, 1.82) is 0 Å². The van der Waals surface area contributed by atoms with Crippen molar-refractivity contribution in [1.82, 2.24) is 0 Å². The van der Waals surface area contributed by atoms with Gasteiger partial charge in [0.2, 0.25) is 0 Å². The van der Waals surface area contributed by atoms with Crippen molar-refractivity contribution in [3.63, 3.8) is 0 Å². The Morgan fingerprint density at radius 2 is 2.00 bits per heavy atom. The van der Waals surface area contributed by atoms with E-state index in [1.165, 1.54) is 25.5 Å². The first-order chi connectivity index (χ1) is 10.6. The first-order valence-corrected chi connectivity index (χ1v) is 7.99. The van der Waals surface area contributed by atoms with Crippen molar-refractivity contribution in [2.45, 2.75) is 57.7 Å². The standard InChI is InChI=1S/C16H28O6/c1-13(11-20-12-14(18)10-17)16(19)22-9-5-8-21-15-6-3-2-4-7-15/h11,14-15,17-18H,2-10,12H2,1H3. The van der Waals surface area contributed by atoms with E-state index in [1.54, 1.807) is 6.92 Å². The average molecular weight is 316 g/mol. The highest BCUT2D eigenvalue weighted by Gasteiger charge is 2.13. The molecule has 0 heterocycles. The highest BCUT2D eigenvalue weighted by molar-refractivity contribution is 5.87. The van der Waals surface area contributed by atoms with Crippen LogP contribution in [0.2, 0.25) is 0 Å². The SMILES string of the molecule is CC(=COCC(O)CO)C(=O)OCCCOC1CCCCC1. The van der Waals surface area contributed by atoms with Crippen LogP contribution in [0.1, 0.15) is 45.4 Å². The molecule has 1 atom stereocenters. The molecule has 0 radical (unpaired) electrons. The van der Waals surface area contributed by atoms with Crippen molar-refractivity contribution < 1.29 is 29.2 Å². The summed E-state index contributed by atoms with van der Waals surface area (Å²) in [5, 5.41) is 17.7. The third-order valence-electron chi connectivity index (χ3n) is 3.51. The van der Waals surface area contributed by atoms with E-state index in [9.17, 15) is 4.79 Å². The van der Waals surface area contributed by atoms with Crippen LogP contribution in [-0.4, -0.2) is 54.8 Å². The maximum atomic E-state index is 11.6. The van der Waals surface area contributed by atoms with E-state index in [0.29, 0.717) is 31.3 Å². The van der Waals surface area contributed by atoms with Crippen LogP contribution in [0.25, 0.3) is 0 Å². The number of carbonyl (C=O) groups excluding carboxylic acids is 1. The molecule has 0 spiro atoms. The van der Waals surface area contributed by atoms with Gasteiger partial charge in [-0.05, 0) is 19.8 Å². The lowest BCUT2D eigenvalue weighted by molar-refractivity contribution is -0.139. The number of aliphatic hydroxyl groups is 2. The van der Waals surface area contributed by atoms with Crippen LogP contribution in [0.5, 0.6) is 0 Å². The summed E-state index contributed by atoms with van der Waals surface area (Å²) in [5.74, 6) is -0.448. The van der Waals surface area contributed by atoms with E-state index in [4.69, 9.17) is 24.4 Å². The molecule has 1 saturated carbocycles. The third kappa shape index (κ3) is 8.36. The number of ether oxygens (including phenoxy) is 3. The molecule has 0 aromatic heterocycles. The van der Waals surface area contributed by atoms with Crippen molar-refractivity contribution >= 4 is 5.97 Å². The number of rotatable bonds is 10. The molecule has 1 unspecified atom stereocenters. The van der Waals surface area contributed by atoms with Gasteiger partial charge >= 0.3 is 5.97 Å². The molecule has 0 saturated heterocycles. The minimum absolute atomic E-state index is 0.0592. The molecule has 0 amide bonds. The molecule has 0 aliphatic heterocycles. The summed E-state index contributed by atoms with van der Waals surface area (Å²) in [7, 11) is 0. The highest BCUT2D eigenvalue weighted by atomic mass is 16.5. The molecule has 0 bridgehead atoms. The van der Waals surface area contributed by atoms with Crippen LogP contribution < -0.4 is 0 Å². The Morgan fingerprint density at radius 1 is 1.27 bits per heavy atom. The molecule has 1 fully saturated rings. The second-order valence-electron chi connectivity index (χ2n) is 5.59. The number of esters is 1. The molecular weight excluding hydrogens is 288 g/mol. The van der Waals surface area contributed by atoms with Gasteiger partial charge in [-0.1, -0.05) is 19.3 Å². The van der Waals surface area contributed by atoms with Crippen molar-refractivity contribution in [2.75, 3.05) is 26.4 Å².